The fourth-order valence-electron chi connectivity index (χ4n) is 2.22. The van der Waals surface area contributed by atoms with Crippen LogP contribution in [0.25, 0.3) is 10.2 Å². The van der Waals surface area contributed by atoms with E-state index in [0.717, 1.165) is 22.3 Å². The van der Waals surface area contributed by atoms with Gasteiger partial charge >= 0.3 is 29.6 Å². The summed E-state index contributed by atoms with van der Waals surface area (Å²) in [5.74, 6) is 0. The molecule has 0 unspecified atom stereocenters. The minimum atomic E-state index is -4.94. The molecule has 0 saturated heterocycles. The summed E-state index contributed by atoms with van der Waals surface area (Å²) in [7, 11) is -7.55. The van der Waals surface area contributed by atoms with Crippen LogP contribution in [0.2, 0.25) is 0 Å². The van der Waals surface area contributed by atoms with Crippen LogP contribution in [0.1, 0.15) is 0 Å². The van der Waals surface area contributed by atoms with Crippen molar-refractivity contribution in [2.45, 2.75) is 9.79 Å². The van der Waals surface area contributed by atoms with E-state index in [1.807, 2.05) is 29.1 Å². The average molecular weight is 421 g/mol. The first kappa shape index (κ1) is 21.1. The zero-order valence-electron chi connectivity index (χ0n) is 13.8. The zero-order valence-corrected chi connectivity index (χ0v) is 18.2. The largest absolute Gasteiger partial charge is 1.00 e. The smallest absolute Gasteiger partial charge is 0.744 e. The van der Waals surface area contributed by atoms with Crippen LogP contribution in [0.3, 0.4) is 0 Å². The van der Waals surface area contributed by atoms with Crippen LogP contribution >= 0.6 is 11.3 Å². The molecule has 0 aliphatic rings. The molecule has 1 N–H and O–H groups in total. The van der Waals surface area contributed by atoms with E-state index >= 15 is 0 Å². The van der Waals surface area contributed by atoms with E-state index in [-0.39, 0.29) is 29.6 Å². The van der Waals surface area contributed by atoms with Gasteiger partial charge in [0.15, 0.2) is 0 Å². The van der Waals surface area contributed by atoms with Crippen LogP contribution in [0.15, 0.2) is 63.4 Å². The van der Waals surface area contributed by atoms with Crippen LogP contribution in [0.4, 0.5) is 0 Å². The molecule has 0 fully saturated rings. The van der Waals surface area contributed by atoms with Crippen molar-refractivity contribution < 1.29 is 50.9 Å². The molecule has 26 heavy (non-hydrogen) atoms. The molecule has 0 bridgehead atoms. The SMILES string of the molecule is Cn1c(=NNS(=O)(=O)c2ccccc2S(=O)(=O)[O-])sc2ccccc21.[Na+]. The number of thiazole rings is 1. The number of aromatic nitrogens is 1. The zero-order chi connectivity index (χ0) is 18.2. The van der Waals surface area contributed by atoms with Gasteiger partial charge in [-0.15, -0.1) is 5.10 Å². The Bertz CT molecular complexity index is 1230. The Balaban J connectivity index is 0.00000243. The maximum absolute atomic E-state index is 12.4. The van der Waals surface area contributed by atoms with Gasteiger partial charge in [-0.2, -0.15) is 13.2 Å². The van der Waals surface area contributed by atoms with Crippen molar-refractivity contribution in [1.82, 2.24) is 9.40 Å². The molecular weight excluding hydrogens is 409 g/mol. The van der Waals surface area contributed by atoms with E-state index in [1.54, 1.807) is 11.6 Å². The Morgan fingerprint density at radius 3 is 2.19 bits per heavy atom. The summed E-state index contributed by atoms with van der Waals surface area (Å²) < 4.78 is 61.2. The molecular formula is C14H12N3NaO5S3. The second-order valence-corrected chi connectivity index (χ2v) is 9.01. The van der Waals surface area contributed by atoms with Gasteiger partial charge in [0.05, 0.1) is 15.1 Å². The quantitative estimate of drug-likeness (QED) is 0.295. The van der Waals surface area contributed by atoms with Gasteiger partial charge in [0, 0.05) is 7.05 Å². The van der Waals surface area contributed by atoms with Crippen molar-refractivity contribution in [3.63, 3.8) is 0 Å². The van der Waals surface area contributed by atoms with Gasteiger partial charge in [-0.1, -0.05) is 35.6 Å². The van der Waals surface area contributed by atoms with Gasteiger partial charge in [-0.05, 0) is 24.3 Å². The van der Waals surface area contributed by atoms with Crippen molar-refractivity contribution in [2.24, 2.45) is 12.1 Å². The molecule has 0 amide bonds. The first-order chi connectivity index (χ1) is 11.7. The van der Waals surface area contributed by atoms with Crippen molar-refractivity contribution in [2.75, 3.05) is 0 Å². The van der Waals surface area contributed by atoms with Crippen LogP contribution in [-0.2, 0) is 27.2 Å². The number of hydrogen-bond donors (Lipinski definition) is 1. The molecule has 0 saturated carbocycles. The summed E-state index contributed by atoms with van der Waals surface area (Å²) in [6, 6.07) is 12.0. The summed E-state index contributed by atoms with van der Waals surface area (Å²) in [5, 5.41) is 3.86. The molecule has 0 aliphatic heterocycles. The molecule has 1 aromatic heterocycles. The number of sulfonamides is 1. The molecule has 0 radical (unpaired) electrons. The molecule has 3 rings (SSSR count). The number of fused-ring (bicyclic) bond motifs is 1. The number of nitrogens with one attached hydrogen (secondary N) is 1. The van der Waals surface area contributed by atoms with Crippen molar-refractivity contribution in [1.29, 1.82) is 0 Å². The van der Waals surface area contributed by atoms with Gasteiger partial charge in [0.25, 0.3) is 10.0 Å². The number of benzene rings is 2. The van der Waals surface area contributed by atoms with Crippen LogP contribution in [0, 0.1) is 0 Å². The van der Waals surface area contributed by atoms with Crippen LogP contribution in [-0.4, -0.2) is 26.0 Å². The Labute approximate surface area is 176 Å². The molecule has 3 aromatic rings. The summed E-state index contributed by atoms with van der Waals surface area (Å²) in [6.45, 7) is 0. The summed E-state index contributed by atoms with van der Waals surface area (Å²) in [5.41, 5.74) is 0.869. The van der Waals surface area contributed by atoms with Crippen molar-refractivity contribution in [3.8, 4) is 0 Å². The standard InChI is InChI=1S/C14H13N3O5S3.Na/c1-17-10-6-2-3-7-11(10)23-14(17)15-16-24(18,19)12-8-4-5-9-13(12)25(20,21)22;/h2-9,16H,1H3,(H,20,21,22);/q;+1/p-1. The molecule has 12 heteroatoms. The molecule has 0 spiro atoms. The third-order valence-corrected chi connectivity index (χ3v) is 6.79. The van der Waals surface area contributed by atoms with Gasteiger partial charge in [0.2, 0.25) is 4.80 Å². The van der Waals surface area contributed by atoms with E-state index < -0.39 is 29.9 Å². The maximum Gasteiger partial charge on any atom is 1.00 e. The minimum absolute atomic E-state index is 0. The first-order valence-electron chi connectivity index (χ1n) is 6.85. The Kier molecular flexibility index (Phi) is 6.33. The third kappa shape index (κ3) is 4.19. The van der Waals surface area contributed by atoms with Crippen LogP contribution in [0.5, 0.6) is 0 Å². The number of hydrogen-bond acceptors (Lipinski definition) is 7. The fraction of sp³-hybridized carbons (Fsp3) is 0.0714. The molecule has 132 valence electrons. The Morgan fingerprint density at radius 2 is 1.58 bits per heavy atom. The Hall–Kier alpha value is -1.21. The van der Waals surface area contributed by atoms with E-state index in [1.165, 1.54) is 23.5 Å². The third-order valence-electron chi connectivity index (χ3n) is 3.38. The van der Waals surface area contributed by atoms with Gasteiger partial charge in [0.1, 0.15) is 15.0 Å². The van der Waals surface area contributed by atoms with E-state index in [9.17, 15) is 21.4 Å². The predicted octanol–water partition coefficient (Wildman–Crippen LogP) is -2.06. The van der Waals surface area contributed by atoms with Crippen LogP contribution < -0.4 is 39.2 Å². The number of rotatable bonds is 4. The average Bonchev–Trinajstić information content (AvgIpc) is 2.89. The summed E-state index contributed by atoms with van der Waals surface area (Å²) in [6.07, 6.45) is 0. The van der Waals surface area contributed by atoms with E-state index in [0.29, 0.717) is 4.80 Å². The van der Waals surface area contributed by atoms with E-state index in [2.05, 4.69) is 5.10 Å². The van der Waals surface area contributed by atoms with Crippen molar-refractivity contribution in [3.05, 3.63) is 53.3 Å². The first-order valence-corrected chi connectivity index (χ1v) is 10.6. The minimum Gasteiger partial charge on any atom is -0.744 e. The molecule has 1 heterocycles. The van der Waals surface area contributed by atoms with Gasteiger partial charge < -0.3 is 9.12 Å². The second-order valence-electron chi connectivity index (χ2n) is 5.02. The van der Waals surface area contributed by atoms with Gasteiger partial charge in [-0.25, -0.2) is 8.42 Å². The molecule has 0 aliphatic carbocycles. The number of nitrogens with zero attached hydrogens (tertiary/aromatic N) is 2. The van der Waals surface area contributed by atoms with Crippen molar-refractivity contribution >= 4 is 41.7 Å². The number of aryl methyl sites for hydroxylation is 1. The monoisotopic (exact) mass is 421 g/mol. The second kappa shape index (κ2) is 7.80. The predicted molar refractivity (Wildman–Crippen MR) is 91.1 cm³/mol. The summed E-state index contributed by atoms with van der Waals surface area (Å²) in [4.78, 5) is 0.895. The normalized spacial score (nSPS) is 12.8. The van der Waals surface area contributed by atoms with Gasteiger partial charge in [-0.3, -0.25) is 0 Å². The maximum atomic E-state index is 12.4. The Morgan fingerprint density at radius 1 is 1.00 bits per heavy atom. The molecule has 0 atom stereocenters. The number of para-hydroxylation sites is 1. The summed E-state index contributed by atoms with van der Waals surface area (Å²) >= 11 is 1.26. The molecule has 8 nitrogen and oxygen atoms in total. The molecule has 2 aromatic carbocycles. The topological polar surface area (TPSA) is 121 Å². The van der Waals surface area contributed by atoms with E-state index in [4.69, 9.17) is 0 Å². The fourth-order valence-corrected chi connectivity index (χ4v) is 5.34.